The summed E-state index contributed by atoms with van der Waals surface area (Å²) < 4.78 is 0. The van der Waals surface area contributed by atoms with Crippen LogP contribution in [0, 0.1) is 5.92 Å². The van der Waals surface area contributed by atoms with Gasteiger partial charge in [0.25, 0.3) is 0 Å². The van der Waals surface area contributed by atoms with Crippen LogP contribution in [0.1, 0.15) is 58.8 Å². The van der Waals surface area contributed by atoms with E-state index in [-0.39, 0.29) is 0 Å². The van der Waals surface area contributed by atoms with Crippen LogP contribution in [-0.4, -0.2) is 29.9 Å². The van der Waals surface area contributed by atoms with Crippen LogP contribution in [0.3, 0.4) is 0 Å². The lowest BCUT2D eigenvalue weighted by Crippen LogP contribution is -2.34. The maximum absolute atomic E-state index is 6.04. The zero-order valence-corrected chi connectivity index (χ0v) is 11.8. The Morgan fingerprint density at radius 2 is 1.81 bits per heavy atom. The second-order valence-electron chi connectivity index (χ2n) is 5.29. The lowest BCUT2D eigenvalue weighted by Gasteiger charge is -2.24. The molecular formula is C14H28ClN. The summed E-state index contributed by atoms with van der Waals surface area (Å²) in [5, 5.41) is 0. The van der Waals surface area contributed by atoms with Crippen molar-refractivity contribution in [1.29, 1.82) is 0 Å². The highest BCUT2D eigenvalue weighted by molar-refractivity contribution is 6.18. The van der Waals surface area contributed by atoms with Crippen molar-refractivity contribution in [3.63, 3.8) is 0 Å². The van der Waals surface area contributed by atoms with Gasteiger partial charge in [0.05, 0.1) is 0 Å². The van der Waals surface area contributed by atoms with E-state index in [1.807, 2.05) is 0 Å². The highest BCUT2D eigenvalue weighted by Gasteiger charge is 2.29. The van der Waals surface area contributed by atoms with Crippen LogP contribution in [0.25, 0.3) is 0 Å². The number of nitrogens with zero attached hydrogens (tertiary/aromatic N) is 1. The first-order valence-electron chi connectivity index (χ1n) is 7.09. The van der Waals surface area contributed by atoms with E-state index in [4.69, 9.17) is 11.6 Å². The van der Waals surface area contributed by atoms with Gasteiger partial charge in [0.15, 0.2) is 0 Å². The summed E-state index contributed by atoms with van der Waals surface area (Å²) in [5.41, 5.74) is 0. The molecule has 0 aromatic carbocycles. The maximum atomic E-state index is 6.04. The average Bonchev–Trinajstić information content (AvgIpc) is 2.64. The van der Waals surface area contributed by atoms with Gasteiger partial charge in [-0.15, -0.1) is 11.6 Å². The van der Waals surface area contributed by atoms with Gasteiger partial charge in [-0.1, -0.05) is 46.0 Å². The van der Waals surface area contributed by atoms with Crippen molar-refractivity contribution in [3.8, 4) is 0 Å². The first-order chi connectivity index (χ1) is 7.79. The highest BCUT2D eigenvalue weighted by atomic mass is 35.5. The molecule has 1 saturated heterocycles. The van der Waals surface area contributed by atoms with Crippen molar-refractivity contribution >= 4 is 11.6 Å². The molecule has 1 nitrogen and oxygen atoms in total. The van der Waals surface area contributed by atoms with Gasteiger partial charge in [-0.2, -0.15) is 0 Å². The summed E-state index contributed by atoms with van der Waals surface area (Å²) in [6.07, 6.45) is 9.70. The molecule has 2 heteroatoms. The lowest BCUT2D eigenvalue weighted by molar-refractivity contribution is 0.244. The third kappa shape index (κ3) is 4.63. The SMILES string of the molecule is CCCCCCCCN1CCC(C)C1CCl. The normalized spacial score (nSPS) is 26.4. The Morgan fingerprint density at radius 3 is 2.50 bits per heavy atom. The molecule has 0 aliphatic carbocycles. The van der Waals surface area contributed by atoms with Crippen LogP contribution in [-0.2, 0) is 0 Å². The Morgan fingerprint density at radius 1 is 1.12 bits per heavy atom. The van der Waals surface area contributed by atoms with Crippen LogP contribution < -0.4 is 0 Å². The van der Waals surface area contributed by atoms with Crippen molar-refractivity contribution in [2.75, 3.05) is 19.0 Å². The van der Waals surface area contributed by atoms with Crippen molar-refractivity contribution < 1.29 is 0 Å². The fourth-order valence-corrected chi connectivity index (χ4v) is 3.21. The van der Waals surface area contributed by atoms with E-state index in [1.54, 1.807) is 0 Å². The predicted molar refractivity (Wildman–Crippen MR) is 73.2 cm³/mol. The predicted octanol–water partition coefficient (Wildman–Crippen LogP) is 4.30. The molecule has 0 saturated carbocycles. The fraction of sp³-hybridized carbons (Fsp3) is 1.00. The number of likely N-dealkylation sites (tertiary alicyclic amines) is 1. The topological polar surface area (TPSA) is 3.24 Å². The Labute approximate surface area is 107 Å². The summed E-state index contributed by atoms with van der Waals surface area (Å²) >= 11 is 6.04. The van der Waals surface area contributed by atoms with Crippen molar-refractivity contribution in [2.24, 2.45) is 5.92 Å². The third-order valence-corrected chi connectivity index (χ3v) is 4.27. The van der Waals surface area contributed by atoms with E-state index in [0.29, 0.717) is 6.04 Å². The maximum Gasteiger partial charge on any atom is 0.0382 e. The molecule has 1 aliphatic heterocycles. The summed E-state index contributed by atoms with van der Waals surface area (Å²) in [6.45, 7) is 7.16. The van der Waals surface area contributed by atoms with Crippen molar-refractivity contribution in [3.05, 3.63) is 0 Å². The van der Waals surface area contributed by atoms with Gasteiger partial charge in [0, 0.05) is 11.9 Å². The van der Waals surface area contributed by atoms with Gasteiger partial charge in [0.2, 0.25) is 0 Å². The van der Waals surface area contributed by atoms with Crippen LogP contribution >= 0.6 is 11.6 Å². The molecule has 0 aromatic heterocycles. The molecule has 1 heterocycles. The first-order valence-corrected chi connectivity index (χ1v) is 7.63. The molecule has 0 N–H and O–H groups in total. The van der Waals surface area contributed by atoms with Gasteiger partial charge >= 0.3 is 0 Å². The average molecular weight is 246 g/mol. The molecule has 0 radical (unpaired) electrons. The molecule has 96 valence electrons. The van der Waals surface area contributed by atoms with Crippen molar-refractivity contribution in [2.45, 2.75) is 64.8 Å². The van der Waals surface area contributed by atoms with Crippen LogP contribution in [0.2, 0.25) is 0 Å². The number of hydrogen-bond acceptors (Lipinski definition) is 1. The Balaban J connectivity index is 2.04. The molecule has 2 unspecified atom stereocenters. The van der Waals surface area contributed by atoms with E-state index in [9.17, 15) is 0 Å². The standard InChI is InChI=1S/C14H28ClN/c1-3-4-5-6-7-8-10-16-11-9-13(2)14(16)12-15/h13-14H,3-12H2,1-2H3. The molecule has 1 aliphatic rings. The Bertz CT molecular complexity index is 172. The minimum Gasteiger partial charge on any atom is -0.299 e. The summed E-state index contributed by atoms with van der Waals surface area (Å²) in [5.74, 6) is 1.62. The lowest BCUT2D eigenvalue weighted by atomic mass is 10.0. The summed E-state index contributed by atoms with van der Waals surface area (Å²) in [7, 11) is 0. The molecule has 1 rings (SSSR count). The quantitative estimate of drug-likeness (QED) is 0.455. The van der Waals surface area contributed by atoms with Gasteiger partial charge in [-0.05, 0) is 31.8 Å². The minimum atomic E-state index is 0.650. The van der Waals surface area contributed by atoms with Gasteiger partial charge < -0.3 is 0 Å². The molecule has 0 amide bonds. The monoisotopic (exact) mass is 245 g/mol. The Kier molecular flexibility index (Phi) is 7.47. The molecule has 1 fully saturated rings. The van der Waals surface area contributed by atoms with E-state index >= 15 is 0 Å². The minimum absolute atomic E-state index is 0.650. The largest absolute Gasteiger partial charge is 0.299 e. The molecule has 0 bridgehead atoms. The second-order valence-corrected chi connectivity index (χ2v) is 5.60. The van der Waals surface area contributed by atoms with Crippen LogP contribution in [0.5, 0.6) is 0 Å². The van der Waals surface area contributed by atoms with Crippen LogP contribution in [0.4, 0.5) is 0 Å². The Hall–Kier alpha value is 0.250. The summed E-state index contributed by atoms with van der Waals surface area (Å²) in [4.78, 5) is 2.61. The van der Waals surface area contributed by atoms with Crippen molar-refractivity contribution in [1.82, 2.24) is 4.90 Å². The molecule has 16 heavy (non-hydrogen) atoms. The molecule has 0 aromatic rings. The fourth-order valence-electron chi connectivity index (χ4n) is 2.71. The van der Waals surface area contributed by atoms with E-state index in [2.05, 4.69) is 18.7 Å². The van der Waals surface area contributed by atoms with Gasteiger partial charge in [0.1, 0.15) is 0 Å². The highest BCUT2D eigenvalue weighted by Crippen LogP contribution is 2.25. The van der Waals surface area contributed by atoms with E-state index < -0.39 is 0 Å². The number of alkyl halides is 1. The van der Waals surface area contributed by atoms with Crippen LogP contribution in [0.15, 0.2) is 0 Å². The number of rotatable bonds is 8. The van der Waals surface area contributed by atoms with Gasteiger partial charge in [-0.25, -0.2) is 0 Å². The van der Waals surface area contributed by atoms with E-state index in [0.717, 1.165) is 11.8 Å². The summed E-state index contributed by atoms with van der Waals surface area (Å²) in [6, 6.07) is 0.650. The number of unbranched alkanes of at least 4 members (excludes halogenated alkanes) is 5. The first kappa shape index (κ1) is 14.3. The molecule has 2 atom stereocenters. The second kappa shape index (κ2) is 8.36. The molecular weight excluding hydrogens is 218 g/mol. The van der Waals surface area contributed by atoms with Gasteiger partial charge in [-0.3, -0.25) is 4.90 Å². The number of halogens is 1. The smallest absolute Gasteiger partial charge is 0.0382 e. The third-order valence-electron chi connectivity index (χ3n) is 3.95. The molecule has 0 spiro atoms. The number of hydrogen-bond donors (Lipinski definition) is 0. The zero-order chi connectivity index (χ0) is 11.8. The van der Waals surface area contributed by atoms with E-state index in [1.165, 1.54) is 58.0 Å². The zero-order valence-electron chi connectivity index (χ0n) is 11.1.